The number of sulfone groups is 1. The molecule has 6 nitrogen and oxygen atoms in total. The van der Waals surface area contributed by atoms with Crippen LogP contribution in [-0.2, 0) is 9.84 Å². The maximum atomic E-state index is 12.0. The van der Waals surface area contributed by atoms with Gasteiger partial charge in [-0.3, -0.25) is 9.78 Å². The van der Waals surface area contributed by atoms with E-state index in [1.54, 1.807) is 0 Å². The summed E-state index contributed by atoms with van der Waals surface area (Å²) in [5.41, 5.74) is 0.152. The molecular formula is C10H12N2O4S. The van der Waals surface area contributed by atoms with Crippen molar-refractivity contribution in [2.24, 2.45) is 0 Å². The molecule has 92 valence electrons. The van der Waals surface area contributed by atoms with E-state index in [0.717, 1.165) is 0 Å². The third-order valence-corrected chi connectivity index (χ3v) is 4.27. The fraction of sp³-hybridized carbons (Fsp3) is 0.400. The van der Waals surface area contributed by atoms with Crippen molar-refractivity contribution < 1.29 is 18.3 Å². The quantitative estimate of drug-likeness (QED) is 0.742. The Bertz CT molecular complexity index is 527. The molecule has 0 aromatic carbocycles. The summed E-state index contributed by atoms with van der Waals surface area (Å²) >= 11 is 0. The van der Waals surface area contributed by atoms with Gasteiger partial charge in [0.2, 0.25) is 0 Å². The molecule has 2 rings (SSSR count). The van der Waals surface area contributed by atoms with E-state index < -0.39 is 9.84 Å². The number of aromatic hydroxyl groups is 1. The minimum atomic E-state index is -3.01. The van der Waals surface area contributed by atoms with Crippen molar-refractivity contribution in [3.05, 3.63) is 24.0 Å². The number of hydrogen-bond donors (Lipinski definition) is 1. The van der Waals surface area contributed by atoms with Gasteiger partial charge in [-0.2, -0.15) is 0 Å². The number of hydrogen-bond acceptors (Lipinski definition) is 5. The Morgan fingerprint density at radius 2 is 2.00 bits per heavy atom. The summed E-state index contributed by atoms with van der Waals surface area (Å²) in [5, 5.41) is 9.49. The largest absolute Gasteiger partial charge is 0.505 e. The van der Waals surface area contributed by atoms with E-state index in [1.165, 1.54) is 23.4 Å². The first kappa shape index (κ1) is 11.8. The van der Waals surface area contributed by atoms with Crippen molar-refractivity contribution in [1.29, 1.82) is 0 Å². The highest BCUT2D eigenvalue weighted by atomic mass is 32.2. The highest BCUT2D eigenvalue weighted by Gasteiger charge is 2.26. The molecule has 0 aliphatic carbocycles. The fourth-order valence-electron chi connectivity index (χ4n) is 1.65. The Labute approximate surface area is 98.8 Å². The average Bonchev–Trinajstić information content (AvgIpc) is 2.29. The molecule has 1 aromatic rings. The van der Waals surface area contributed by atoms with E-state index in [9.17, 15) is 18.3 Å². The molecule has 0 unspecified atom stereocenters. The van der Waals surface area contributed by atoms with Crippen LogP contribution < -0.4 is 0 Å². The topological polar surface area (TPSA) is 87.6 Å². The summed E-state index contributed by atoms with van der Waals surface area (Å²) in [7, 11) is -3.01. The zero-order chi connectivity index (χ0) is 12.5. The standard InChI is InChI=1S/C10H12N2O4S/c13-9-7-11-2-1-8(9)10(14)12-3-5-17(15,16)6-4-12/h1-2,7,13H,3-6H2. The van der Waals surface area contributed by atoms with Gasteiger partial charge in [0.25, 0.3) is 5.91 Å². The van der Waals surface area contributed by atoms with Gasteiger partial charge in [0, 0.05) is 19.3 Å². The van der Waals surface area contributed by atoms with Crippen LogP contribution in [0.25, 0.3) is 0 Å². The van der Waals surface area contributed by atoms with Crippen molar-refractivity contribution in [2.75, 3.05) is 24.6 Å². The minimum absolute atomic E-state index is 0.0232. The first-order valence-electron chi connectivity index (χ1n) is 5.12. The van der Waals surface area contributed by atoms with Gasteiger partial charge in [-0.25, -0.2) is 8.42 Å². The van der Waals surface area contributed by atoms with E-state index in [2.05, 4.69) is 4.98 Å². The molecule has 2 heterocycles. The van der Waals surface area contributed by atoms with Crippen molar-refractivity contribution in [1.82, 2.24) is 9.88 Å². The van der Waals surface area contributed by atoms with Gasteiger partial charge in [0.1, 0.15) is 5.75 Å². The van der Waals surface area contributed by atoms with Crippen molar-refractivity contribution in [3.8, 4) is 5.75 Å². The van der Waals surface area contributed by atoms with Gasteiger partial charge in [-0.1, -0.05) is 0 Å². The lowest BCUT2D eigenvalue weighted by Crippen LogP contribution is -2.43. The number of carbonyl (C=O) groups excluding carboxylic acids is 1. The lowest BCUT2D eigenvalue weighted by molar-refractivity contribution is 0.0767. The van der Waals surface area contributed by atoms with E-state index >= 15 is 0 Å². The Hall–Kier alpha value is -1.63. The summed E-state index contributed by atoms with van der Waals surface area (Å²) in [4.78, 5) is 17.1. The molecule has 1 aliphatic heterocycles. The Morgan fingerprint density at radius 3 is 2.59 bits per heavy atom. The molecule has 1 amide bonds. The third kappa shape index (κ3) is 2.55. The molecule has 17 heavy (non-hydrogen) atoms. The highest BCUT2D eigenvalue weighted by molar-refractivity contribution is 7.91. The van der Waals surface area contributed by atoms with Gasteiger partial charge in [0.15, 0.2) is 9.84 Å². The van der Waals surface area contributed by atoms with Crippen LogP contribution >= 0.6 is 0 Å². The monoisotopic (exact) mass is 256 g/mol. The summed E-state index contributed by atoms with van der Waals surface area (Å²) in [6, 6.07) is 1.42. The Balaban J connectivity index is 2.15. The minimum Gasteiger partial charge on any atom is -0.505 e. The lowest BCUT2D eigenvalue weighted by atomic mass is 10.2. The molecule has 1 N–H and O–H groups in total. The van der Waals surface area contributed by atoms with E-state index in [1.807, 2.05) is 0 Å². The molecule has 0 bridgehead atoms. The molecule has 1 saturated heterocycles. The predicted molar refractivity (Wildman–Crippen MR) is 60.5 cm³/mol. The maximum Gasteiger partial charge on any atom is 0.257 e. The second kappa shape index (κ2) is 4.33. The van der Waals surface area contributed by atoms with Crippen LogP contribution in [0.15, 0.2) is 18.5 Å². The fourth-order valence-corrected chi connectivity index (χ4v) is 2.85. The molecule has 1 aliphatic rings. The lowest BCUT2D eigenvalue weighted by Gasteiger charge is -2.26. The maximum absolute atomic E-state index is 12.0. The second-order valence-electron chi connectivity index (χ2n) is 3.84. The molecular weight excluding hydrogens is 244 g/mol. The van der Waals surface area contributed by atoms with Gasteiger partial charge >= 0.3 is 0 Å². The number of pyridine rings is 1. The summed E-state index contributed by atoms with van der Waals surface area (Å²) in [6.07, 6.45) is 2.60. The van der Waals surface area contributed by atoms with Crippen LogP contribution in [-0.4, -0.2) is 53.9 Å². The second-order valence-corrected chi connectivity index (χ2v) is 6.14. The molecule has 1 aromatic heterocycles. The first-order chi connectivity index (χ1) is 7.99. The van der Waals surface area contributed by atoms with Gasteiger partial charge < -0.3 is 10.0 Å². The number of amides is 1. The molecule has 7 heteroatoms. The van der Waals surface area contributed by atoms with E-state index in [0.29, 0.717) is 0 Å². The van der Waals surface area contributed by atoms with Crippen LogP contribution in [0.3, 0.4) is 0 Å². The average molecular weight is 256 g/mol. The molecule has 1 fully saturated rings. The van der Waals surface area contributed by atoms with Crippen LogP contribution in [0, 0.1) is 0 Å². The van der Waals surface area contributed by atoms with Crippen LogP contribution in [0.1, 0.15) is 10.4 Å². The predicted octanol–water partition coefficient (Wildman–Crippen LogP) is -0.342. The highest BCUT2D eigenvalue weighted by Crippen LogP contribution is 2.17. The van der Waals surface area contributed by atoms with E-state index in [4.69, 9.17) is 0 Å². The van der Waals surface area contributed by atoms with Crippen molar-refractivity contribution >= 4 is 15.7 Å². The Morgan fingerprint density at radius 1 is 1.35 bits per heavy atom. The van der Waals surface area contributed by atoms with E-state index in [-0.39, 0.29) is 41.8 Å². The molecule has 0 saturated carbocycles. The summed E-state index contributed by atoms with van der Waals surface area (Å²) in [6.45, 7) is 0.339. The smallest absolute Gasteiger partial charge is 0.257 e. The van der Waals surface area contributed by atoms with Crippen LogP contribution in [0.2, 0.25) is 0 Å². The zero-order valence-corrected chi connectivity index (χ0v) is 9.85. The van der Waals surface area contributed by atoms with Gasteiger partial charge in [0.05, 0.1) is 23.3 Å². The van der Waals surface area contributed by atoms with Crippen molar-refractivity contribution in [2.45, 2.75) is 0 Å². The molecule has 0 spiro atoms. The summed E-state index contributed by atoms with van der Waals surface area (Å²) < 4.78 is 22.4. The number of aromatic nitrogens is 1. The van der Waals surface area contributed by atoms with Gasteiger partial charge in [-0.15, -0.1) is 0 Å². The van der Waals surface area contributed by atoms with Crippen LogP contribution in [0.4, 0.5) is 0 Å². The number of nitrogens with zero attached hydrogens (tertiary/aromatic N) is 2. The first-order valence-corrected chi connectivity index (χ1v) is 6.94. The molecule has 0 radical (unpaired) electrons. The van der Waals surface area contributed by atoms with Crippen LogP contribution in [0.5, 0.6) is 5.75 Å². The zero-order valence-electron chi connectivity index (χ0n) is 9.04. The summed E-state index contributed by atoms with van der Waals surface area (Å²) in [5.74, 6) is -0.597. The molecule has 0 atom stereocenters. The van der Waals surface area contributed by atoms with Gasteiger partial charge in [-0.05, 0) is 6.07 Å². The SMILES string of the molecule is O=C(c1ccncc1O)N1CCS(=O)(=O)CC1. The number of rotatable bonds is 1. The number of carbonyl (C=O) groups is 1. The van der Waals surface area contributed by atoms with Crippen molar-refractivity contribution in [3.63, 3.8) is 0 Å². The normalized spacial score (nSPS) is 18.9. The Kier molecular flexibility index (Phi) is 3.01. The third-order valence-electron chi connectivity index (χ3n) is 2.66.